The molecule has 0 radical (unpaired) electrons. The minimum Gasteiger partial charge on any atom is -0.437 e. The van der Waals surface area contributed by atoms with Crippen LogP contribution in [0.15, 0.2) is 40.9 Å². The van der Waals surface area contributed by atoms with Gasteiger partial charge in [0.05, 0.1) is 5.56 Å². The van der Waals surface area contributed by atoms with Gasteiger partial charge in [-0.2, -0.15) is 0 Å². The molecule has 0 aliphatic heterocycles. The lowest BCUT2D eigenvalue weighted by Gasteiger charge is -2.12. The van der Waals surface area contributed by atoms with Gasteiger partial charge >= 0.3 is 0 Å². The van der Waals surface area contributed by atoms with Crippen molar-refractivity contribution in [2.75, 3.05) is 0 Å². The molecule has 1 aromatic carbocycles. The summed E-state index contributed by atoms with van der Waals surface area (Å²) in [7, 11) is 1.69. The van der Waals surface area contributed by atoms with Gasteiger partial charge in [0.15, 0.2) is 11.8 Å². The molecule has 0 amide bonds. The molecule has 144 valence electrons. The summed E-state index contributed by atoms with van der Waals surface area (Å²) < 4.78 is 72.6. The zero-order valence-corrected chi connectivity index (χ0v) is 16.8. The van der Waals surface area contributed by atoms with Crippen LogP contribution >= 0.6 is 0 Å². The Labute approximate surface area is 178 Å². The molecule has 1 unspecified atom stereocenters. The van der Waals surface area contributed by atoms with Crippen LogP contribution in [-0.2, 0) is 7.05 Å². The Morgan fingerprint density at radius 3 is 2.57 bits per heavy atom. The molecular formula is C25H29N2O+. The van der Waals surface area contributed by atoms with Gasteiger partial charge in [-0.25, -0.2) is 9.55 Å². The van der Waals surface area contributed by atoms with Crippen molar-refractivity contribution in [3.05, 3.63) is 58.9 Å². The van der Waals surface area contributed by atoms with Crippen molar-refractivity contribution < 1.29 is 20.0 Å². The smallest absolute Gasteiger partial charge is 0.227 e. The molecule has 3 heterocycles. The van der Waals surface area contributed by atoms with Crippen LogP contribution in [0.5, 0.6) is 0 Å². The van der Waals surface area contributed by atoms with Crippen LogP contribution in [0.25, 0.3) is 33.3 Å². The van der Waals surface area contributed by atoms with Crippen molar-refractivity contribution in [1.82, 2.24) is 4.98 Å². The highest BCUT2D eigenvalue weighted by Gasteiger charge is 2.23. The summed E-state index contributed by atoms with van der Waals surface area (Å²) in [4.78, 5) is 4.57. The van der Waals surface area contributed by atoms with Gasteiger partial charge < -0.3 is 4.42 Å². The second kappa shape index (κ2) is 6.73. The molecule has 0 spiro atoms. The minimum absolute atomic E-state index is 0.0838. The van der Waals surface area contributed by atoms with Gasteiger partial charge in [0, 0.05) is 39.1 Å². The van der Waals surface area contributed by atoms with Gasteiger partial charge in [0.2, 0.25) is 11.4 Å². The normalized spacial score (nSPS) is 19.6. The van der Waals surface area contributed by atoms with E-state index in [2.05, 4.69) is 4.98 Å². The summed E-state index contributed by atoms with van der Waals surface area (Å²) in [5, 5.41) is 1.56. The van der Waals surface area contributed by atoms with Gasteiger partial charge in [-0.3, -0.25) is 0 Å². The molecule has 3 nitrogen and oxygen atoms in total. The summed E-state index contributed by atoms with van der Waals surface area (Å²) in [6.07, 6.45) is 1.39. The highest BCUT2D eigenvalue weighted by molar-refractivity contribution is 6.08. The highest BCUT2D eigenvalue weighted by atomic mass is 16.3. The maximum atomic E-state index is 8.68. The number of aryl methyl sites for hydroxylation is 3. The van der Waals surface area contributed by atoms with E-state index < -0.39 is 25.5 Å². The van der Waals surface area contributed by atoms with Gasteiger partial charge in [0.1, 0.15) is 7.05 Å². The number of hydrogen-bond donors (Lipinski definition) is 0. The molecule has 0 aliphatic rings. The van der Waals surface area contributed by atoms with Crippen LogP contribution in [0.1, 0.15) is 72.8 Å². The minimum atomic E-state index is -2.76. The SMILES string of the molecule is [2H]C([2H])([2H])c1c[n+](C)c(-c2c(C)ccc3c2oc2nc(C([2H])(C)C)ccc23)cc1C([2H])(C)C([2H])([2H])[2H]. The molecule has 0 saturated carbocycles. The van der Waals surface area contributed by atoms with E-state index in [1.54, 1.807) is 31.5 Å². The van der Waals surface area contributed by atoms with E-state index in [0.717, 1.165) is 16.3 Å². The maximum Gasteiger partial charge on any atom is 0.227 e. The second-order valence-electron chi connectivity index (χ2n) is 7.51. The van der Waals surface area contributed by atoms with Crippen molar-refractivity contribution in [2.24, 2.45) is 7.05 Å². The van der Waals surface area contributed by atoms with E-state index in [9.17, 15) is 0 Å². The van der Waals surface area contributed by atoms with E-state index in [1.807, 2.05) is 25.1 Å². The monoisotopic (exact) mass is 381 g/mol. The van der Waals surface area contributed by atoms with Crippen LogP contribution in [0.2, 0.25) is 0 Å². The predicted octanol–water partition coefficient (Wildman–Crippen LogP) is 6.34. The summed E-state index contributed by atoms with van der Waals surface area (Å²) in [5.74, 6) is -3.07. The zero-order chi connectivity index (χ0) is 27.0. The molecule has 0 saturated heterocycles. The molecule has 0 bridgehead atoms. The average Bonchev–Trinajstić information content (AvgIpc) is 3.09. The molecule has 4 rings (SSSR count). The number of pyridine rings is 2. The average molecular weight is 382 g/mol. The summed E-state index contributed by atoms with van der Waals surface area (Å²) >= 11 is 0. The Bertz CT molecular complexity index is 1490. The predicted molar refractivity (Wildman–Crippen MR) is 116 cm³/mol. The van der Waals surface area contributed by atoms with E-state index in [0.29, 0.717) is 28.2 Å². The number of fused-ring (bicyclic) bond motifs is 3. The number of aromatic nitrogens is 2. The summed E-state index contributed by atoms with van der Waals surface area (Å²) in [5.41, 5.74) is 3.19. The van der Waals surface area contributed by atoms with Crippen LogP contribution in [0.4, 0.5) is 0 Å². The molecule has 1 atom stereocenters. The standard InChI is InChI=1S/C25H29N2O/c1-14(2)20-12-22(27(7)13-17(20)6)23-16(5)8-9-18-19-10-11-21(15(3)4)26-25(19)28-24(18)23/h8-15H,1-7H3/q+1/i1D3,6D3,14D,15D. The molecule has 3 heteroatoms. The van der Waals surface area contributed by atoms with Gasteiger partial charge in [-0.05, 0) is 48.8 Å². The Morgan fingerprint density at radius 1 is 1.07 bits per heavy atom. The molecule has 28 heavy (non-hydrogen) atoms. The maximum absolute atomic E-state index is 8.68. The van der Waals surface area contributed by atoms with Crippen molar-refractivity contribution in [3.8, 4) is 11.3 Å². The first kappa shape index (κ1) is 11.4. The lowest BCUT2D eigenvalue weighted by Crippen LogP contribution is -2.32. The van der Waals surface area contributed by atoms with Crippen molar-refractivity contribution in [3.63, 3.8) is 0 Å². The first-order chi connectivity index (χ1) is 16.3. The highest BCUT2D eigenvalue weighted by Crippen LogP contribution is 2.37. The largest absolute Gasteiger partial charge is 0.437 e. The fraction of sp³-hybridized carbons (Fsp3) is 0.360. The number of rotatable bonds is 3. The quantitative estimate of drug-likeness (QED) is 0.388. The fourth-order valence-corrected chi connectivity index (χ4v) is 3.62. The molecule has 3 aromatic heterocycles. The Kier molecular flexibility index (Phi) is 2.73. The Morgan fingerprint density at radius 2 is 1.86 bits per heavy atom. The molecular weight excluding hydrogens is 344 g/mol. The fourth-order valence-electron chi connectivity index (χ4n) is 3.62. The third-order valence-electron chi connectivity index (χ3n) is 5.16. The van der Waals surface area contributed by atoms with E-state index in [-0.39, 0.29) is 11.1 Å². The Hall–Kier alpha value is -2.68. The van der Waals surface area contributed by atoms with E-state index in [1.165, 1.54) is 19.2 Å². The number of benzene rings is 1. The molecule has 0 fully saturated rings. The number of hydrogen-bond acceptors (Lipinski definition) is 2. The lowest BCUT2D eigenvalue weighted by atomic mass is 9.94. The Balaban J connectivity index is 2.08. The first-order valence-corrected chi connectivity index (χ1v) is 9.22. The van der Waals surface area contributed by atoms with Gasteiger partial charge in [-0.1, -0.05) is 39.8 Å². The summed E-state index contributed by atoms with van der Waals surface area (Å²) in [6.45, 7) is 1.23. The molecule has 0 N–H and O–H groups in total. The van der Waals surface area contributed by atoms with Crippen LogP contribution in [0, 0.1) is 13.8 Å². The third kappa shape index (κ3) is 2.90. The molecule has 0 aliphatic carbocycles. The van der Waals surface area contributed by atoms with E-state index in [4.69, 9.17) is 15.4 Å². The van der Waals surface area contributed by atoms with Crippen LogP contribution in [-0.4, -0.2) is 4.98 Å². The number of nitrogens with zero attached hydrogens (tertiary/aromatic N) is 2. The van der Waals surface area contributed by atoms with Crippen LogP contribution in [0.3, 0.4) is 0 Å². The zero-order valence-electron chi connectivity index (χ0n) is 24.8. The van der Waals surface area contributed by atoms with Crippen molar-refractivity contribution in [1.29, 1.82) is 0 Å². The summed E-state index contributed by atoms with van der Waals surface area (Å²) in [6, 6.07) is 8.99. The first-order valence-electron chi connectivity index (χ1n) is 13.2. The van der Waals surface area contributed by atoms with Gasteiger partial charge in [0.25, 0.3) is 0 Å². The van der Waals surface area contributed by atoms with Crippen molar-refractivity contribution >= 4 is 22.1 Å². The third-order valence-corrected chi connectivity index (χ3v) is 5.16. The van der Waals surface area contributed by atoms with Gasteiger partial charge in [-0.15, -0.1) is 0 Å². The van der Waals surface area contributed by atoms with E-state index >= 15 is 0 Å². The topological polar surface area (TPSA) is 29.9 Å². The van der Waals surface area contributed by atoms with Crippen molar-refractivity contribution in [2.45, 2.75) is 53.2 Å². The molecule has 4 aromatic rings. The number of furan rings is 1. The van der Waals surface area contributed by atoms with Crippen LogP contribution < -0.4 is 4.57 Å². The second-order valence-corrected chi connectivity index (χ2v) is 7.51. The lowest BCUT2D eigenvalue weighted by molar-refractivity contribution is -0.660.